The molecule has 0 unspecified atom stereocenters. The number of para-hydroxylation sites is 1. The highest BCUT2D eigenvalue weighted by Gasteiger charge is 2.19. The van der Waals surface area contributed by atoms with E-state index in [-0.39, 0.29) is 5.56 Å². The summed E-state index contributed by atoms with van der Waals surface area (Å²) < 4.78 is 7.29. The number of hydrogen-bond donors (Lipinski definition) is 1. The van der Waals surface area contributed by atoms with E-state index in [1.54, 1.807) is 23.4 Å². The van der Waals surface area contributed by atoms with Crippen molar-refractivity contribution < 1.29 is 4.74 Å². The Morgan fingerprint density at radius 2 is 1.94 bits per heavy atom. The highest BCUT2D eigenvalue weighted by molar-refractivity contribution is 7.99. The molecule has 6 nitrogen and oxygen atoms in total. The first-order valence-corrected chi connectivity index (χ1v) is 11.6. The number of benzene rings is 2. The Morgan fingerprint density at radius 3 is 2.68 bits per heavy atom. The van der Waals surface area contributed by atoms with E-state index in [0.29, 0.717) is 27.6 Å². The molecule has 4 rings (SSSR count). The van der Waals surface area contributed by atoms with Crippen molar-refractivity contribution in [1.82, 2.24) is 19.4 Å². The van der Waals surface area contributed by atoms with Gasteiger partial charge < -0.3 is 14.6 Å². The molecule has 0 aliphatic carbocycles. The van der Waals surface area contributed by atoms with E-state index in [4.69, 9.17) is 9.72 Å². The van der Waals surface area contributed by atoms with Crippen molar-refractivity contribution in [2.24, 2.45) is 0 Å². The largest absolute Gasteiger partial charge is 0.495 e. The lowest BCUT2D eigenvalue weighted by Crippen LogP contribution is -2.26. The Bertz CT molecular complexity index is 1270. The summed E-state index contributed by atoms with van der Waals surface area (Å²) in [4.78, 5) is 24.3. The maximum absolute atomic E-state index is 13.7. The molecule has 31 heavy (non-hydrogen) atoms. The van der Waals surface area contributed by atoms with Crippen LogP contribution in [0.25, 0.3) is 27.6 Å². The zero-order valence-electron chi connectivity index (χ0n) is 18.4. The lowest BCUT2D eigenvalue weighted by Gasteiger charge is -2.19. The molecule has 0 atom stereocenters. The van der Waals surface area contributed by atoms with Gasteiger partial charge in [-0.25, -0.2) is 9.55 Å². The Hall–Kier alpha value is -2.77. The van der Waals surface area contributed by atoms with E-state index in [1.807, 2.05) is 49.4 Å². The molecule has 7 heteroatoms. The summed E-state index contributed by atoms with van der Waals surface area (Å²) in [5.41, 5.74) is 3.79. The van der Waals surface area contributed by atoms with Crippen LogP contribution >= 0.6 is 11.8 Å². The predicted molar refractivity (Wildman–Crippen MR) is 129 cm³/mol. The molecule has 0 aliphatic heterocycles. The van der Waals surface area contributed by atoms with Crippen LogP contribution in [0.2, 0.25) is 0 Å². The SMILES string of the molecule is CCN(CC)CCSc1nc2c([nH]c3ccccc32)c(=O)n1-c1cc(C)ccc1OC. The lowest BCUT2D eigenvalue weighted by molar-refractivity contribution is 0.324. The zero-order chi connectivity index (χ0) is 22.0. The number of hydrogen-bond acceptors (Lipinski definition) is 5. The highest BCUT2D eigenvalue weighted by Crippen LogP contribution is 2.30. The number of thioether (sulfide) groups is 1. The molecule has 0 radical (unpaired) electrons. The van der Waals surface area contributed by atoms with Gasteiger partial charge in [-0.15, -0.1) is 0 Å². The van der Waals surface area contributed by atoms with Crippen molar-refractivity contribution in [1.29, 1.82) is 0 Å². The summed E-state index contributed by atoms with van der Waals surface area (Å²) in [7, 11) is 1.63. The van der Waals surface area contributed by atoms with E-state index in [1.165, 1.54) is 0 Å². The van der Waals surface area contributed by atoms with Crippen LogP contribution in [0.15, 0.2) is 52.4 Å². The summed E-state index contributed by atoms with van der Waals surface area (Å²) in [6, 6.07) is 13.8. The zero-order valence-corrected chi connectivity index (χ0v) is 19.3. The van der Waals surface area contributed by atoms with Crippen LogP contribution in [-0.2, 0) is 0 Å². The molecule has 0 saturated carbocycles. The number of nitrogens with zero attached hydrogens (tertiary/aromatic N) is 3. The number of methoxy groups -OCH3 is 1. The van der Waals surface area contributed by atoms with Gasteiger partial charge in [0, 0.05) is 23.2 Å². The summed E-state index contributed by atoms with van der Waals surface area (Å²) in [6.07, 6.45) is 0. The molecule has 1 N–H and O–H groups in total. The third-order valence-electron chi connectivity index (χ3n) is 5.60. The van der Waals surface area contributed by atoms with E-state index in [9.17, 15) is 4.79 Å². The van der Waals surface area contributed by atoms with Crippen molar-refractivity contribution >= 4 is 33.7 Å². The van der Waals surface area contributed by atoms with Gasteiger partial charge in [0.05, 0.1) is 12.8 Å². The number of ether oxygens (including phenoxy) is 1. The fraction of sp³-hybridized carbons (Fsp3) is 0.333. The number of aryl methyl sites for hydroxylation is 1. The van der Waals surface area contributed by atoms with Gasteiger partial charge >= 0.3 is 0 Å². The van der Waals surface area contributed by atoms with E-state index >= 15 is 0 Å². The van der Waals surface area contributed by atoms with Gasteiger partial charge in [0.25, 0.3) is 5.56 Å². The van der Waals surface area contributed by atoms with Crippen LogP contribution < -0.4 is 10.3 Å². The van der Waals surface area contributed by atoms with Crippen molar-refractivity contribution in [2.45, 2.75) is 25.9 Å². The van der Waals surface area contributed by atoms with Crippen LogP contribution in [0.4, 0.5) is 0 Å². The fourth-order valence-electron chi connectivity index (χ4n) is 3.83. The Morgan fingerprint density at radius 1 is 1.16 bits per heavy atom. The normalized spacial score (nSPS) is 11.6. The number of nitrogens with one attached hydrogen (secondary N) is 1. The van der Waals surface area contributed by atoms with Crippen LogP contribution in [0.5, 0.6) is 5.75 Å². The maximum atomic E-state index is 13.7. The van der Waals surface area contributed by atoms with Gasteiger partial charge in [-0.2, -0.15) is 0 Å². The number of aromatic amines is 1. The summed E-state index contributed by atoms with van der Waals surface area (Å²) in [6.45, 7) is 9.28. The second kappa shape index (κ2) is 9.16. The van der Waals surface area contributed by atoms with E-state index in [2.05, 4.69) is 23.7 Å². The molecule has 0 amide bonds. The second-order valence-corrected chi connectivity index (χ2v) is 8.54. The molecule has 0 fully saturated rings. The third-order valence-corrected chi connectivity index (χ3v) is 6.52. The standard InChI is InChI=1S/C24H28N4O2S/c1-5-27(6-2)13-14-31-24-26-21-17-9-7-8-10-18(17)25-22(21)23(29)28(24)19-15-16(3)11-12-20(19)30-4/h7-12,15,25H,5-6,13-14H2,1-4H3. The number of H-pyrrole nitrogens is 1. The van der Waals surface area contributed by atoms with Crippen molar-refractivity contribution in [3.05, 3.63) is 58.4 Å². The molecule has 2 aromatic carbocycles. The van der Waals surface area contributed by atoms with Gasteiger partial charge in [-0.05, 0) is 43.8 Å². The first-order chi connectivity index (χ1) is 15.1. The molecule has 0 aliphatic rings. The molecule has 0 spiro atoms. The first-order valence-electron chi connectivity index (χ1n) is 10.6. The monoisotopic (exact) mass is 436 g/mol. The van der Waals surface area contributed by atoms with Crippen LogP contribution in [-0.4, -0.2) is 51.9 Å². The van der Waals surface area contributed by atoms with E-state index < -0.39 is 0 Å². The average Bonchev–Trinajstić information content (AvgIpc) is 3.16. The van der Waals surface area contributed by atoms with Crippen molar-refractivity contribution in [3.8, 4) is 11.4 Å². The summed E-state index contributed by atoms with van der Waals surface area (Å²) in [5, 5.41) is 1.64. The first kappa shape index (κ1) is 21.5. The Kier molecular flexibility index (Phi) is 6.34. The molecule has 0 saturated heterocycles. The molecule has 0 bridgehead atoms. The van der Waals surface area contributed by atoms with E-state index in [0.717, 1.165) is 41.9 Å². The van der Waals surface area contributed by atoms with Crippen molar-refractivity contribution in [3.63, 3.8) is 0 Å². The number of aromatic nitrogens is 3. The van der Waals surface area contributed by atoms with Gasteiger partial charge in [-0.1, -0.05) is 49.9 Å². The smallest absolute Gasteiger partial charge is 0.283 e. The van der Waals surface area contributed by atoms with Crippen LogP contribution in [0.1, 0.15) is 19.4 Å². The fourth-order valence-corrected chi connectivity index (χ4v) is 4.83. The van der Waals surface area contributed by atoms with Gasteiger partial charge in [0.15, 0.2) is 5.16 Å². The molecule has 162 valence electrons. The minimum Gasteiger partial charge on any atom is -0.495 e. The second-order valence-electron chi connectivity index (χ2n) is 7.48. The minimum atomic E-state index is -0.115. The Labute approximate surface area is 186 Å². The quantitative estimate of drug-likeness (QED) is 0.323. The molecular weight excluding hydrogens is 408 g/mol. The lowest BCUT2D eigenvalue weighted by atomic mass is 10.2. The maximum Gasteiger partial charge on any atom is 0.283 e. The van der Waals surface area contributed by atoms with Crippen molar-refractivity contribution in [2.75, 3.05) is 32.5 Å². The van der Waals surface area contributed by atoms with Crippen LogP contribution in [0.3, 0.4) is 0 Å². The summed E-state index contributed by atoms with van der Waals surface area (Å²) in [5.74, 6) is 1.49. The van der Waals surface area contributed by atoms with Gasteiger partial charge in [0.1, 0.15) is 16.8 Å². The number of rotatable bonds is 8. The predicted octanol–water partition coefficient (Wildman–Crippen LogP) is 4.62. The van der Waals surface area contributed by atoms with Gasteiger partial charge in [-0.3, -0.25) is 4.79 Å². The molecular formula is C24H28N4O2S. The summed E-state index contributed by atoms with van der Waals surface area (Å²) >= 11 is 1.61. The topological polar surface area (TPSA) is 63.2 Å². The molecule has 2 heterocycles. The van der Waals surface area contributed by atoms with Gasteiger partial charge in [0.2, 0.25) is 0 Å². The third kappa shape index (κ3) is 4.07. The van der Waals surface area contributed by atoms with Crippen LogP contribution in [0, 0.1) is 6.92 Å². The Balaban J connectivity index is 1.92. The average molecular weight is 437 g/mol. The molecule has 2 aromatic heterocycles. The number of fused-ring (bicyclic) bond motifs is 3. The molecule has 4 aromatic rings. The minimum absolute atomic E-state index is 0.115. The highest BCUT2D eigenvalue weighted by atomic mass is 32.2.